The SMILES string of the molecule is CCc1cccnc1C(=O)c1cnnn1-c1ccccc1. The fourth-order valence-corrected chi connectivity index (χ4v) is 2.20. The van der Waals surface area contributed by atoms with Gasteiger partial charge in [0.25, 0.3) is 0 Å². The van der Waals surface area contributed by atoms with Crippen molar-refractivity contribution in [2.24, 2.45) is 0 Å². The molecule has 0 saturated carbocycles. The Morgan fingerprint density at radius 2 is 1.95 bits per heavy atom. The maximum absolute atomic E-state index is 12.7. The maximum atomic E-state index is 12.7. The van der Waals surface area contributed by atoms with Gasteiger partial charge in [-0.25, -0.2) is 4.68 Å². The Labute approximate surface area is 122 Å². The number of pyridine rings is 1. The van der Waals surface area contributed by atoms with Crippen LogP contribution in [0.15, 0.2) is 54.9 Å². The van der Waals surface area contributed by atoms with Gasteiger partial charge in [0.1, 0.15) is 11.4 Å². The number of carbonyl (C=O) groups is 1. The number of para-hydroxylation sites is 1. The Hall–Kier alpha value is -2.82. The van der Waals surface area contributed by atoms with Crippen LogP contribution in [-0.2, 0) is 6.42 Å². The maximum Gasteiger partial charge on any atom is 0.231 e. The lowest BCUT2D eigenvalue weighted by molar-refractivity contribution is 0.102. The van der Waals surface area contributed by atoms with Crippen LogP contribution in [0, 0.1) is 0 Å². The highest BCUT2D eigenvalue weighted by Crippen LogP contribution is 2.15. The summed E-state index contributed by atoms with van der Waals surface area (Å²) in [5.41, 5.74) is 2.59. The number of carbonyl (C=O) groups excluding carboxylic acids is 1. The highest BCUT2D eigenvalue weighted by molar-refractivity contribution is 6.07. The predicted octanol–water partition coefficient (Wildman–Crippen LogP) is 2.46. The molecule has 5 nitrogen and oxygen atoms in total. The van der Waals surface area contributed by atoms with Gasteiger partial charge in [-0.3, -0.25) is 9.78 Å². The van der Waals surface area contributed by atoms with Crippen LogP contribution in [-0.4, -0.2) is 25.8 Å². The molecule has 2 heterocycles. The normalized spacial score (nSPS) is 10.5. The standard InChI is InChI=1S/C16H14N4O/c1-2-12-7-6-10-17-15(12)16(21)14-11-18-19-20(14)13-8-4-3-5-9-13/h3-11H,2H2,1H3. The van der Waals surface area contributed by atoms with E-state index in [9.17, 15) is 4.79 Å². The number of nitrogens with zero attached hydrogens (tertiary/aromatic N) is 4. The van der Waals surface area contributed by atoms with Crippen LogP contribution in [0.5, 0.6) is 0 Å². The lowest BCUT2D eigenvalue weighted by Gasteiger charge is -2.07. The first-order valence-corrected chi connectivity index (χ1v) is 6.76. The highest BCUT2D eigenvalue weighted by atomic mass is 16.1. The molecule has 1 aromatic carbocycles. The lowest BCUT2D eigenvalue weighted by atomic mass is 10.1. The third-order valence-corrected chi connectivity index (χ3v) is 3.27. The Balaban J connectivity index is 2.06. The predicted molar refractivity (Wildman–Crippen MR) is 78.4 cm³/mol. The molecule has 3 rings (SSSR count). The number of aromatic nitrogens is 4. The molecule has 0 spiro atoms. The van der Waals surface area contributed by atoms with Gasteiger partial charge in [-0.1, -0.05) is 36.4 Å². The number of hydrogen-bond acceptors (Lipinski definition) is 4. The van der Waals surface area contributed by atoms with E-state index in [1.54, 1.807) is 6.20 Å². The molecule has 2 aromatic heterocycles. The molecule has 0 aliphatic rings. The van der Waals surface area contributed by atoms with Crippen molar-refractivity contribution < 1.29 is 4.79 Å². The van der Waals surface area contributed by atoms with Crippen molar-refractivity contribution in [2.75, 3.05) is 0 Å². The summed E-state index contributed by atoms with van der Waals surface area (Å²) in [5.74, 6) is -0.165. The molecule has 0 atom stereocenters. The van der Waals surface area contributed by atoms with E-state index < -0.39 is 0 Å². The van der Waals surface area contributed by atoms with E-state index in [4.69, 9.17) is 0 Å². The zero-order valence-electron chi connectivity index (χ0n) is 11.6. The summed E-state index contributed by atoms with van der Waals surface area (Å²) >= 11 is 0. The van der Waals surface area contributed by atoms with E-state index in [1.807, 2.05) is 49.4 Å². The number of benzene rings is 1. The van der Waals surface area contributed by atoms with Crippen molar-refractivity contribution in [3.63, 3.8) is 0 Å². The second-order valence-corrected chi connectivity index (χ2v) is 4.56. The minimum atomic E-state index is -0.165. The van der Waals surface area contributed by atoms with Crippen molar-refractivity contribution in [1.29, 1.82) is 0 Å². The molecule has 3 aromatic rings. The van der Waals surface area contributed by atoms with Gasteiger partial charge in [0.2, 0.25) is 5.78 Å². The zero-order valence-corrected chi connectivity index (χ0v) is 11.6. The monoisotopic (exact) mass is 278 g/mol. The average molecular weight is 278 g/mol. The molecule has 0 aliphatic heterocycles. The smallest absolute Gasteiger partial charge is 0.231 e. The molecule has 0 radical (unpaired) electrons. The van der Waals surface area contributed by atoms with Gasteiger partial charge in [0, 0.05) is 6.20 Å². The molecule has 104 valence electrons. The van der Waals surface area contributed by atoms with E-state index in [2.05, 4.69) is 15.3 Å². The molecule has 5 heteroatoms. The first kappa shape index (κ1) is 13.2. The largest absolute Gasteiger partial charge is 0.285 e. The van der Waals surface area contributed by atoms with Crippen molar-refractivity contribution in [1.82, 2.24) is 20.0 Å². The molecule has 0 unspecified atom stereocenters. The van der Waals surface area contributed by atoms with E-state index >= 15 is 0 Å². The van der Waals surface area contributed by atoms with Crippen LogP contribution in [0.4, 0.5) is 0 Å². The molecular weight excluding hydrogens is 264 g/mol. The molecule has 0 aliphatic carbocycles. The van der Waals surface area contributed by atoms with Gasteiger partial charge < -0.3 is 0 Å². The van der Waals surface area contributed by atoms with Crippen LogP contribution in [0.3, 0.4) is 0 Å². The van der Waals surface area contributed by atoms with Gasteiger partial charge in [0.15, 0.2) is 0 Å². The second-order valence-electron chi connectivity index (χ2n) is 4.56. The molecule has 0 bridgehead atoms. The molecule has 0 amide bonds. The van der Waals surface area contributed by atoms with E-state index in [-0.39, 0.29) is 5.78 Å². The fourth-order valence-electron chi connectivity index (χ4n) is 2.20. The summed E-state index contributed by atoms with van der Waals surface area (Å²) in [7, 11) is 0. The van der Waals surface area contributed by atoms with Crippen molar-refractivity contribution >= 4 is 5.78 Å². The summed E-state index contributed by atoms with van der Waals surface area (Å²) in [4.78, 5) is 16.9. The first-order chi connectivity index (χ1) is 10.3. The Bertz CT molecular complexity index is 765. The molecule has 21 heavy (non-hydrogen) atoms. The molecular formula is C16H14N4O. The minimum absolute atomic E-state index is 0.165. The summed E-state index contributed by atoms with van der Waals surface area (Å²) in [5, 5.41) is 7.87. The lowest BCUT2D eigenvalue weighted by Crippen LogP contribution is -2.13. The summed E-state index contributed by atoms with van der Waals surface area (Å²) in [6.07, 6.45) is 3.86. The second kappa shape index (κ2) is 5.66. The molecule has 0 fully saturated rings. The number of ketones is 1. The average Bonchev–Trinajstić information content (AvgIpc) is 3.04. The minimum Gasteiger partial charge on any atom is -0.285 e. The number of rotatable bonds is 4. The third-order valence-electron chi connectivity index (χ3n) is 3.27. The molecule has 0 saturated heterocycles. The van der Waals surface area contributed by atoms with Crippen molar-refractivity contribution in [2.45, 2.75) is 13.3 Å². The van der Waals surface area contributed by atoms with Crippen LogP contribution in [0.25, 0.3) is 5.69 Å². The van der Waals surface area contributed by atoms with Crippen LogP contribution in [0.1, 0.15) is 28.7 Å². The Kier molecular flexibility index (Phi) is 3.55. The van der Waals surface area contributed by atoms with Gasteiger partial charge >= 0.3 is 0 Å². The van der Waals surface area contributed by atoms with Gasteiger partial charge in [-0.2, -0.15) is 0 Å². The topological polar surface area (TPSA) is 60.7 Å². The fraction of sp³-hybridized carbons (Fsp3) is 0.125. The van der Waals surface area contributed by atoms with E-state index in [0.717, 1.165) is 17.7 Å². The Morgan fingerprint density at radius 1 is 1.14 bits per heavy atom. The number of hydrogen-bond donors (Lipinski definition) is 0. The highest BCUT2D eigenvalue weighted by Gasteiger charge is 2.19. The summed E-state index contributed by atoms with van der Waals surface area (Å²) in [6.45, 7) is 2.00. The van der Waals surface area contributed by atoms with Crippen LogP contribution < -0.4 is 0 Å². The number of aryl methyl sites for hydroxylation is 1. The van der Waals surface area contributed by atoms with E-state index in [1.165, 1.54) is 10.9 Å². The summed E-state index contributed by atoms with van der Waals surface area (Å²) < 4.78 is 1.54. The summed E-state index contributed by atoms with van der Waals surface area (Å²) in [6, 6.07) is 13.2. The van der Waals surface area contributed by atoms with Crippen molar-refractivity contribution in [3.8, 4) is 5.69 Å². The van der Waals surface area contributed by atoms with Gasteiger partial charge in [-0.15, -0.1) is 5.10 Å². The Morgan fingerprint density at radius 3 is 2.71 bits per heavy atom. The quantitative estimate of drug-likeness (QED) is 0.688. The zero-order chi connectivity index (χ0) is 14.7. The van der Waals surface area contributed by atoms with Crippen LogP contribution in [0.2, 0.25) is 0 Å². The third kappa shape index (κ3) is 2.45. The molecule has 0 N–H and O–H groups in total. The first-order valence-electron chi connectivity index (χ1n) is 6.76. The van der Waals surface area contributed by atoms with E-state index in [0.29, 0.717) is 11.4 Å². The van der Waals surface area contributed by atoms with Gasteiger partial charge in [-0.05, 0) is 30.2 Å². The van der Waals surface area contributed by atoms with Crippen molar-refractivity contribution in [3.05, 3.63) is 71.8 Å². The van der Waals surface area contributed by atoms with Crippen LogP contribution >= 0.6 is 0 Å². The van der Waals surface area contributed by atoms with Gasteiger partial charge in [0.05, 0.1) is 11.9 Å².